The Balaban J connectivity index is 3.63. The van der Waals surface area contributed by atoms with Gasteiger partial charge in [0.25, 0.3) is 0 Å². The number of hydrogen-bond donors (Lipinski definition) is 1. The minimum Gasteiger partial charge on any atom is -0.300 e. The molecule has 0 unspecified atom stereocenters. The molecule has 0 fully saturated rings. The molecule has 9 heavy (non-hydrogen) atoms. The van der Waals surface area contributed by atoms with Crippen LogP contribution in [-0.4, -0.2) is 10.9 Å². The molecule has 0 aromatic rings. The summed E-state index contributed by atoms with van der Waals surface area (Å²) in [5.41, 5.74) is 0. The molecule has 1 atom stereocenters. The average Bonchev–Trinajstić information content (AvgIpc) is 1.63. The number of carbonyl (C=O) groups is 2. The predicted octanol–water partition coefficient (Wildman–Crippen LogP) is 1.06. The Bertz CT molecular complexity index is 131. The molecule has 0 N–H and O–H groups in total. The minimum absolute atomic E-state index is 0.0393. The summed E-state index contributed by atoms with van der Waals surface area (Å²) < 4.78 is 0. The van der Waals surface area contributed by atoms with E-state index in [1.54, 1.807) is 6.92 Å². The SMILES string of the molecule is CC(=O)[C@@H](C)CC(=O)S. The highest BCUT2D eigenvalue weighted by atomic mass is 32.1. The van der Waals surface area contributed by atoms with E-state index in [0.29, 0.717) is 0 Å². The van der Waals surface area contributed by atoms with Crippen molar-refractivity contribution in [2.24, 2.45) is 5.92 Å². The molecule has 3 heteroatoms. The van der Waals surface area contributed by atoms with Crippen LogP contribution in [0.15, 0.2) is 0 Å². The van der Waals surface area contributed by atoms with E-state index in [-0.39, 0.29) is 23.2 Å². The van der Waals surface area contributed by atoms with E-state index < -0.39 is 0 Å². The smallest absolute Gasteiger partial charge is 0.186 e. The molecule has 0 saturated carbocycles. The van der Waals surface area contributed by atoms with Gasteiger partial charge < -0.3 is 0 Å². The lowest BCUT2D eigenvalue weighted by Crippen LogP contribution is -2.08. The van der Waals surface area contributed by atoms with Gasteiger partial charge in [0.05, 0.1) is 0 Å². The van der Waals surface area contributed by atoms with E-state index in [2.05, 4.69) is 12.6 Å². The first-order valence-electron chi connectivity index (χ1n) is 2.76. The Morgan fingerprint density at radius 1 is 1.56 bits per heavy atom. The lowest BCUT2D eigenvalue weighted by molar-refractivity contribution is -0.123. The summed E-state index contributed by atoms with van der Waals surface area (Å²) in [6.07, 6.45) is 0.248. The highest BCUT2D eigenvalue weighted by Gasteiger charge is 2.09. The summed E-state index contributed by atoms with van der Waals surface area (Å²) in [7, 11) is 0. The van der Waals surface area contributed by atoms with Gasteiger partial charge in [0.15, 0.2) is 5.12 Å². The Labute approximate surface area is 60.0 Å². The van der Waals surface area contributed by atoms with E-state index in [9.17, 15) is 9.59 Å². The van der Waals surface area contributed by atoms with Gasteiger partial charge in [-0.2, -0.15) is 0 Å². The van der Waals surface area contributed by atoms with Crippen LogP contribution in [0, 0.1) is 5.92 Å². The fourth-order valence-corrected chi connectivity index (χ4v) is 0.680. The zero-order chi connectivity index (χ0) is 7.44. The minimum atomic E-state index is -0.224. The van der Waals surface area contributed by atoms with E-state index in [1.807, 2.05) is 0 Å². The number of ketones is 1. The summed E-state index contributed by atoms with van der Waals surface area (Å²) in [6.45, 7) is 3.19. The molecule has 2 nitrogen and oxygen atoms in total. The fraction of sp³-hybridized carbons (Fsp3) is 0.667. The second-order valence-electron chi connectivity index (χ2n) is 2.11. The van der Waals surface area contributed by atoms with Crippen LogP contribution in [0.25, 0.3) is 0 Å². The van der Waals surface area contributed by atoms with Gasteiger partial charge in [0.1, 0.15) is 5.78 Å². The molecule has 0 radical (unpaired) electrons. The summed E-state index contributed by atoms with van der Waals surface area (Å²) >= 11 is 3.54. The molecule has 0 heterocycles. The lowest BCUT2D eigenvalue weighted by Gasteiger charge is -2.00. The third-order valence-electron chi connectivity index (χ3n) is 1.17. The first kappa shape index (κ1) is 8.69. The van der Waals surface area contributed by atoms with Crippen molar-refractivity contribution < 1.29 is 9.59 Å². The molecule has 0 rings (SSSR count). The average molecular weight is 146 g/mol. The van der Waals surface area contributed by atoms with Crippen LogP contribution in [0.3, 0.4) is 0 Å². The van der Waals surface area contributed by atoms with Crippen molar-refractivity contribution in [2.75, 3.05) is 0 Å². The van der Waals surface area contributed by atoms with Crippen LogP contribution >= 0.6 is 12.6 Å². The van der Waals surface area contributed by atoms with E-state index >= 15 is 0 Å². The van der Waals surface area contributed by atoms with Gasteiger partial charge in [0, 0.05) is 12.3 Å². The highest BCUT2D eigenvalue weighted by Crippen LogP contribution is 2.04. The van der Waals surface area contributed by atoms with Crippen LogP contribution in [0.5, 0.6) is 0 Å². The zero-order valence-electron chi connectivity index (χ0n) is 5.55. The van der Waals surface area contributed by atoms with Crippen LogP contribution in [0.2, 0.25) is 0 Å². The number of hydrogen-bond acceptors (Lipinski definition) is 2. The predicted molar refractivity (Wildman–Crippen MR) is 38.5 cm³/mol. The molecule has 0 amide bonds. The Morgan fingerprint density at radius 3 is 2.11 bits per heavy atom. The topological polar surface area (TPSA) is 34.1 Å². The molecule has 0 aliphatic heterocycles. The summed E-state index contributed by atoms with van der Waals surface area (Å²) in [4.78, 5) is 20.8. The number of thiol groups is 1. The normalized spacial score (nSPS) is 12.8. The van der Waals surface area contributed by atoms with Gasteiger partial charge in [-0.25, -0.2) is 0 Å². The van der Waals surface area contributed by atoms with Crippen molar-refractivity contribution in [1.29, 1.82) is 0 Å². The third-order valence-corrected chi connectivity index (χ3v) is 1.36. The van der Waals surface area contributed by atoms with Crippen molar-refractivity contribution >= 4 is 23.5 Å². The third kappa shape index (κ3) is 4.21. The van der Waals surface area contributed by atoms with Gasteiger partial charge in [-0.05, 0) is 6.92 Å². The molecule has 0 aromatic heterocycles. The van der Waals surface area contributed by atoms with Crippen molar-refractivity contribution in [3.8, 4) is 0 Å². The van der Waals surface area contributed by atoms with Crippen molar-refractivity contribution in [2.45, 2.75) is 20.3 Å². The fourth-order valence-electron chi connectivity index (χ4n) is 0.406. The van der Waals surface area contributed by atoms with Crippen molar-refractivity contribution in [3.05, 3.63) is 0 Å². The van der Waals surface area contributed by atoms with Crippen LogP contribution < -0.4 is 0 Å². The van der Waals surface area contributed by atoms with Crippen LogP contribution in [0.1, 0.15) is 20.3 Å². The number of carbonyl (C=O) groups excluding carboxylic acids is 2. The first-order valence-corrected chi connectivity index (χ1v) is 3.21. The summed E-state index contributed by atoms with van der Waals surface area (Å²) in [6, 6.07) is 0. The standard InChI is InChI=1S/C6H10O2S/c1-4(5(2)7)3-6(8)9/h4H,3H2,1-2H3,(H,8,9)/t4-/m0/s1. The summed E-state index contributed by atoms with van der Waals surface area (Å²) in [5, 5.41) is -0.224. The number of Topliss-reactive ketones (excluding diaryl/α,β-unsaturated/α-hetero) is 1. The molecular formula is C6H10O2S. The molecule has 0 aromatic carbocycles. The molecule has 0 saturated heterocycles. The van der Waals surface area contributed by atoms with Crippen LogP contribution in [-0.2, 0) is 9.59 Å². The second kappa shape index (κ2) is 3.67. The summed E-state index contributed by atoms with van der Waals surface area (Å²) in [5.74, 6) is -0.132. The highest BCUT2D eigenvalue weighted by molar-refractivity contribution is 7.96. The van der Waals surface area contributed by atoms with E-state index in [0.717, 1.165) is 0 Å². The maximum absolute atomic E-state index is 10.5. The lowest BCUT2D eigenvalue weighted by atomic mass is 10.1. The van der Waals surface area contributed by atoms with Crippen LogP contribution in [0.4, 0.5) is 0 Å². The largest absolute Gasteiger partial charge is 0.300 e. The maximum Gasteiger partial charge on any atom is 0.186 e. The van der Waals surface area contributed by atoms with Gasteiger partial charge in [-0.3, -0.25) is 9.59 Å². The maximum atomic E-state index is 10.5. The van der Waals surface area contributed by atoms with Gasteiger partial charge >= 0.3 is 0 Å². The Hall–Kier alpha value is -0.310. The molecule has 0 spiro atoms. The van der Waals surface area contributed by atoms with Gasteiger partial charge in [0.2, 0.25) is 0 Å². The molecule has 0 aliphatic carbocycles. The quantitative estimate of drug-likeness (QED) is 0.604. The molecule has 52 valence electrons. The van der Waals surface area contributed by atoms with E-state index in [1.165, 1.54) is 6.92 Å². The molecule has 0 bridgehead atoms. The molecular weight excluding hydrogens is 136 g/mol. The van der Waals surface area contributed by atoms with Gasteiger partial charge in [-0.15, -0.1) is 12.6 Å². The van der Waals surface area contributed by atoms with Crippen molar-refractivity contribution in [3.63, 3.8) is 0 Å². The Kier molecular flexibility index (Phi) is 3.54. The van der Waals surface area contributed by atoms with Gasteiger partial charge in [-0.1, -0.05) is 6.92 Å². The number of rotatable bonds is 3. The molecule has 0 aliphatic rings. The van der Waals surface area contributed by atoms with E-state index in [4.69, 9.17) is 0 Å². The monoisotopic (exact) mass is 146 g/mol. The first-order chi connectivity index (χ1) is 4.04. The second-order valence-corrected chi connectivity index (χ2v) is 2.61. The Morgan fingerprint density at radius 2 is 2.00 bits per heavy atom. The zero-order valence-corrected chi connectivity index (χ0v) is 6.44. The van der Waals surface area contributed by atoms with Crippen molar-refractivity contribution in [1.82, 2.24) is 0 Å².